The smallest absolute Gasteiger partial charge is 0.282 e. The molecule has 1 aromatic heterocycles. The first-order valence-electron chi connectivity index (χ1n) is 7.95. The number of para-hydroxylation sites is 1. The number of benzene rings is 2. The van der Waals surface area contributed by atoms with Gasteiger partial charge in [0.15, 0.2) is 11.5 Å². The van der Waals surface area contributed by atoms with E-state index in [1.165, 1.54) is 4.68 Å². The zero-order valence-electron chi connectivity index (χ0n) is 14.4. The number of nitrogens with zero attached hydrogens (tertiary/aromatic N) is 3. The number of fused-ring (bicyclic) bond motifs is 1. The summed E-state index contributed by atoms with van der Waals surface area (Å²) < 4.78 is 11.9. The average Bonchev–Trinajstić information content (AvgIpc) is 2.66. The predicted molar refractivity (Wildman–Crippen MR) is 97.9 cm³/mol. The summed E-state index contributed by atoms with van der Waals surface area (Å²) in [6, 6.07) is 12.7. The highest BCUT2D eigenvalue weighted by molar-refractivity contribution is 5.81. The minimum Gasteiger partial charge on any atom is -0.493 e. The summed E-state index contributed by atoms with van der Waals surface area (Å²) in [7, 11) is 3.16. The standard InChI is InChI=1S/C19H19N3O3/c1-4-18-21-15-8-6-5-7-14(15)19(23)22(18)20-12-13-9-10-16(24-2)17(11-13)25-3/h5-12H,4H2,1-3H3. The van der Waals surface area contributed by atoms with Crippen LogP contribution in [0.4, 0.5) is 0 Å². The van der Waals surface area contributed by atoms with Crippen molar-refractivity contribution in [3.8, 4) is 11.5 Å². The molecule has 6 heteroatoms. The van der Waals surface area contributed by atoms with Gasteiger partial charge in [0.25, 0.3) is 5.56 Å². The normalized spacial score (nSPS) is 11.2. The molecule has 0 aliphatic carbocycles. The predicted octanol–water partition coefficient (Wildman–Crippen LogP) is 2.86. The molecule has 0 aliphatic heterocycles. The van der Waals surface area contributed by atoms with Crippen LogP contribution in [-0.4, -0.2) is 30.1 Å². The summed E-state index contributed by atoms with van der Waals surface area (Å²) in [6.45, 7) is 1.94. The highest BCUT2D eigenvalue weighted by Gasteiger charge is 2.09. The lowest BCUT2D eigenvalue weighted by Gasteiger charge is -2.09. The van der Waals surface area contributed by atoms with Gasteiger partial charge in [-0.05, 0) is 35.9 Å². The average molecular weight is 337 g/mol. The van der Waals surface area contributed by atoms with Gasteiger partial charge in [-0.3, -0.25) is 4.79 Å². The Kier molecular flexibility index (Phi) is 4.79. The number of aromatic nitrogens is 2. The Balaban J connectivity index is 2.07. The van der Waals surface area contributed by atoms with Crippen LogP contribution in [0, 0.1) is 0 Å². The molecule has 0 saturated carbocycles. The molecule has 0 atom stereocenters. The Bertz CT molecular complexity index is 993. The van der Waals surface area contributed by atoms with Crippen molar-refractivity contribution in [3.63, 3.8) is 0 Å². The van der Waals surface area contributed by atoms with Crippen LogP contribution in [0.15, 0.2) is 52.4 Å². The van der Waals surface area contributed by atoms with Crippen molar-refractivity contribution in [2.75, 3.05) is 14.2 Å². The van der Waals surface area contributed by atoms with E-state index in [0.29, 0.717) is 34.6 Å². The number of methoxy groups -OCH3 is 2. The summed E-state index contributed by atoms with van der Waals surface area (Å²) in [6.07, 6.45) is 2.21. The van der Waals surface area contributed by atoms with Crippen LogP contribution >= 0.6 is 0 Å². The highest BCUT2D eigenvalue weighted by atomic mass is 16.5. The van der Waals surface area contributed by atoms with Gasteiger partial charge < -0.3 is 9.47 Å². The quantitative estimate of drug-likeness (QED) is 0.672. The summed E-state index contributed by atoms with van der Waals surface area (Å²) in [5.41, 5.74) is 1.29. The molecule has 0 aliphatic rings. The Morgan fingerprint density at radius 3 is 2.60 bits per heavy atom. The second-order valence-electron chi connectivity index (χ2n) is 5.37. The molecule has 0 fully saturated rings. The second-order valence-corrected chi connectivity index (χ2v) is 5.37. The van der Waals surface area contributed by atoms with Crippen molar-refractivity contribution in [2.45, 2.75) is 13.3 Å². The van der Waals surface area contributed by atoms with Crippen molar-refractivity contribution in [1.29, 1.82) is 0 Å². The first-order chi connectivity index (χ1) is 12.2. The molecule has 0 unspecified atom stereocenters. The van der Waals surface area contributed by atoms with Crippen LogP contribution in [0.25, 0.3) is 10.9 Å². The largest absolute Gasteiger partial charge is 0.493 e. The van der Waals surface area contributed by atoms with Gasteiger partial charge in [0, 0.05) is 6.42 Å². The molecule has 0 N–H and O–H groups in total. The van der Waals surface area contributed by atoms with Crippen LogP contribution in [0.2, 0.25) is 0 Å². The van der Waals surface area contributed by atoms with E-state index in [9.17, 15) is 4.79 Å². The molecule has 3 aromatic rings. The fraction of sp³-hybridized carbons (Fsp3) is 0.211. The van der Waals surface area contributed by atoms with E-state index in [2.05, 4.69) is 10.1 Å². The van der Waals surface area contributed by atoms with Crippen molar-refractivity contribution in [3.05, 3.63) is 64.2 Å². The van der Waals surface area contributed by atoms with Gasteiger partial charge in [-0.15, -0.1) is 0 Å². The number of aryl methyl sites for hydroxylation is 1. The van der Waals surface area contributed by atoms with Crippen molar-refractivity contribution >= 4 is 17.1 Å². The zero-order chi connectivity index (χ0) is 17.8. The third-order valence-corrected chi connectivity index (χ3v) is 3.87. The van der Waals surface area contributed by atoms with Crippen LogP contribution in [0.1, 0.15) is 18.3 Å². The zero-order valence-corrected chi connectivity index (χ0v) is 14.4. The van der Waals surface area contributed by atoms with Gasteiger partial charge in [0.2, 0.25) is 0 Å². The molecule has 0 bridgehead atoms. The minimum absolute atomic E-state index is 0.181. The molecule has 0 radical (unpaired) electrons. The molecule has 3 rings (SSSR count). The fourth-order valence-electron chi connectivity index (χ4n) is 2.58. The van der Waals surface area contributed by atoms with E-state index in [0.717, 1.165) is 5.56 Å². The Morgan fingerprint density at radius 1 is 1.12 bits per heavy atom. The first-order valence-corrected chi connectivity index (χ1v) is 7.95. The summed E-state index contributed by atoms with van der Waals surface area (Å²) in [4.78, 5) is 17.2. The molecule has 1 heterocycles. The maximum atomic E-state index is 12.7. The van der Waals surface area contributed by atoms with E-state index in [1.807, 2.05) is 31.2 Å². The van der Waals surface area contributed by atoms with Gasteiger partial charge in [0.1, 0.15) is 5.82 Å². The number of rotatable bonds is 5. The molecule has 2 aromatic carbocycles. The van der Waals surface area contributed by atoms with Crippen molar-refractivity contribution in [1.82, 2.24) is 9.66 Å². The van der Waals surface area contributed by atoms with E-state index < -0.39 is 0 Å². The molecule has 6 nitrogen and oxygen atoms in total. The van der Waals surface area contributed by atoms with Gasteiger partial charge >= 0.3 is 0 Å². The Labute approximate surface area is 145 Å². The van der Waals surface area contributed by atoms with Gasteiger partial charge in [0.05, 0.1) is 31.3 Å². The highest BCUT2D eigenvalue weighted by Crippen LogP contribution is 2.26. The monoisotopic (exact) mass is 337 g/mol. The van der Waals surface area contributed by atoms with Crippen LogP contribution < -0.4 is 15.0 Å². The second kappa shape index (κ2) is 7.17. The summed E-state index contributed by atoms with van der Waals surface area (Å²) in [5, 5.41) is 4.89. The van der Waals surface area contributed by atoms with Gasteiger partial charge in [-0.25, -0.2) is 4.98 Å². The molecule has 0 spiro atoms. The lowest BCUT2D eigenvalue weighted by molar-refractivity contribution is 0.355. The molecular formula is C19H19N3O3. The summed E-state index contributed by atoms with van der Waals surface area (Å²) in [5.74, 6) is 1.85. The fourth-order valence-corrected chi connectivity index (χ4v) is 2.58. The van der Waals surface area contributed by atoms with E-state index >= 15 is 0 Å². The van der Waals surface area contributed by atoms with Crippen LogP contribution in [0.3, 0.4) is 0 Å². The summed E-state index contributed by atoms with van der Waals surface area (Å²) >= 11 is 0. The van der Waals surface area contributed by atoms with Gasteiger partial charge in [-0.1, -0.05) is 19.1 Å². The topological polar surface area (TPSA) is 65.7 Å². The lowest BCUT2D eigenvalue weighted by atomic mass is 10.2. The van der Waals surface area contributed by atoms with E-state index in [4.69, 9.17) is 9.47 Å². The molecule has 0 saturated heterocycles. The Hall–Kier alpha value is -3.15. The number of ether oxygens (including phenoxy) is 2. The molecule has 0 amide bonds. The minimum atomic E-state index is -0.181. The van der Waals surface area contributed by atoms with Gasteiger partial charge in [-0.2, -0.15) is 9.78 Å². The Morgan fingerprint density at radius 2 is 1.88 bits per heavy atom. The third-order valence-electron chi connectivity index (χ3n) is 3.87. The van der Waals surface area contributed by atoms with Crippen LogP contribution in [0.5, 0.6) is 11.5 Å². The van der Waals surface area contributed by atoms with Crippen molar-refractivity contribution in [2.24, 2.45) is 5.10 Å². The SMILES string of the molecule is CCc1nc2ccccc2c(=O)n1N=Cc1ccc(OC)c(OC)c1. The maximum absolute atomic E-state index is 12.7. The first kappa shape index (κ1) is 16.7. The molecule has 25 heavy (non-hydrogen) atoms. The lowest BCUT2D eigenvalue weighted by Crippen LogP contribution is -2.22. The van der Waals surface area contributed by atoms with Crippen molar-refractivity contribution < 1.29 is 9.47 Å². The number of hydrogen-bond donors (Lipinski definition) is 0. The number of hydrogen-bond acceptors (Lipinski definition) is 5. The maximum Gasteiger partial charge on any atom is 0.282 e. The van der Waals surface area contributed by atoms with Crippen LogP contribution in [-0.2, 0) is 6.42 Å². The van der Waals surface area contributed by atoms with E-state index in [1.54, 1.807) is 38.6 Å². The molecule has 128 valence electrons. The molecular weight excluding hydrogens is 318 g/mol. The van der Waals surface area contributed by atoms with E-state index in [-0.39, 0.29) is 5.56 Å². The third kappa shape index (κ3) is 3.24.